The molecule has 4 rings (SSSR count). The largest absolute Gasteiger partial charge is 0.481 e. The van der Waals surface area contributed by atoms with E-state index in [9.17, 15) is 14.3 Å². The summed E-state index contributed by atoms with van der Waals surface area (Å²) in [5, 5.41) is 10.4. The molecule has 1 fully saturated rings. The van der Waals surface area contributed by atoms with E-state index in [4.69, 9.17) is 11.6 Å². The lowest BCUT2D eigenvalue weighted by Crippen LogP contribution is -2.47. The lowest BCUT2D eigenvalue weighted by molar-refractivity contribution is -0.142. The van der Waals surface area contributed by atoms with Crippen molar-refractivity contribution in [1.29, 1.82) is 0 Å². The molecule has 1 saturated heterocycles. The van der Waals surface area contributed by atoms with Crippen LogP contribution in [0.3, 0.4) is 0 Å². The number of piperidine rings is 1. The van der Waals surface area contributed by atoms with Gasteiger partial charge in [0.15, 0.2) is 0 Å². The van der Waals surface area contributed by atoms with Crippen LogP contribution in [0.4, 0.5) is 10.1 Å². The van der Waals surface area contributed by atoms with Crippen molar-refractivity contribution in [2.75, 3.05) is 38.1 Å². The molecular weight excluding hydrogens is 391 g/mol. The summed E-state index contributed by atoms with van der Waals surface area (Å²) >= 11 is 6.23. The molecule has 154 valence electrons. The first-order chi connectivity index (χ1) is 13.9. The average molecular weight is 417 g/mol. The number of rotatable bonds is 5. The standard InChI is InChI=1S/C23H26ClFN2O2/c1-26-15-23(19-13-18(25)6-7-21(19)26)8-10-27(11-9-23)14-17(22(28)29)12-16-4-2-3-5-20(16)24/h2-7,13,17H,8-12,14-15H2,1H3,(H,28,29). The molecule has 1 N–H and O–H groups in total. The molecule has 0 amide bonds. The van der Waals surface area contributed by atoms with Gasteiger partial charge in [0.25, 0.3) is 0 Å². The van der Waals surface area contributed by atoms with E-state index < -0.39 is 11.9 Å². The van der Waals surface area contributed by atoms with Gasteiger partial charge in [-0.05, 0) is 67.7 Å². The van der Waals surface area contributed by atoms with Gasteiger partial charge >= 0.3 is 5.97 Å². The van der Waals surface area contributed by atoms with E-state index in [1.807, 2.05) is 24.3 Å². The van der Waals surface area contributed by atoms with Crippen molar-refractivity contribution in [3.05, 3.63) is 64.4 Å². The van der Waals surface area contributed by atoms with Crippen LogP contribution >= 0.6 is 11.6 Å². The van der Waals surface area contributed by atoms with Gasteiger partial charge in [-0.25, -0.2) is 4.39 Å². The molecule has 6 heteroatoms. The average Bonchev–Trinajstić information content (AvgIpc) is 2.95. The Morgan fingerprint density at radius 2 is 1.97 bits per heavy atom. The minimum Gasteiger partial charge on any atom is -0.481 e. The summed E-state index contributed by atoms with van der Waals surface area (Å²) in [7, 11) is 2.06. The molecule has 0 aliphatic carbocycles. The predicted molar refractivity (Wildman–Crippen MR) is 113 cm³/mol. The molecule has 1 unspecified atom stereocenters. The molecule has 2 aromatic rings. The van der Waals surface area contributed by atoms with Crippen LogP contribution in [0.1, 0.15) is 24.0 Å². The predicted octanol–water partition coefficient (Wildman–Crippen LogP) is 4.21. The lowest BCUT2D eigenvalue weighted by atomic mass is 9.74. The fourth-order valence-corrected chi connectivity index (χ4v) is 5.17. The van der Waals surface area contributed by atoms with Gasteiger partial charge in [-0.1, -0.05) is 29.8 Å². The van der Waals surface area contributed by atoms with Gasteiger partial charge in [-0.3, -0.25) is 4.79 Å². The van der Waals surface area contributed by atoms with Crippen LogP contribution in [0.25, 0.3) is 0 Å². The number of halogens is 2. The van der Waals surface area contributed by atoms with E-state index in [0.717, 1.165) is 49.3 Å². The third-order valence-electron chi connectivity index (χ3n) is 6.55. The van der Waals surface area contributed by atoms with Crippen LogP contribution in [-0.2, 0) is 16.6 Å². The molecule has 4 nitrogen and oxygen atoms in total. The number of likely N-dealkylation sites (N-methyl/N-ethyl adjacent to an activating group) is 1. The summed E-state index contributed by atoms with van der Waals surface area (Å²) in [4.78, 5) is 16.3. The second-order valence-corrected chi connectivity index (χ2v) is 8.84. The normalized spacial score (nSPS) is 19.3. The number of fused-ring (bicyclic) bond motifs is 2. The summed E-state index contributed by atoms with van der Waals surface area (Å²) in [6.45, 7) is 3.02. The number of nitrogens with zero attached hydrogens (tertiary/aromatic N) is 2. The van der Waals surface area contributed by atoms with Gasteiger partial charge in [0.05, 0.1) is 5.92 Å². The Labute approximate surface area is 175 Å². The highest BCUT2D eigenvalue weighted by atomic mass is 35.5. The van der Waals surface area contributed by atoms with Crippen molar-refractivity contribution < 1.29 is 14.3 Å². The molecule has 0 aromatic heterocycles. The molecular formula is C23H26ClFN2O2. The van der Waals surface area contributed by atoms with E-state index in [0.29, 0.717) is 18.0 Å². The number of hydrogen-bond donors (Lipinski definition) is 1. The van der Waals surface area contributed by atoms with Crippen molar-refractivity contribution in [3.63, 3.8) is 0 Å². The Morgan fingerprint density at radius 1 is 1.24 bits per heavy atom. The maximum atomic E-state index is 13.9. The fourth-order valence-electron chi connectivity index (χ4n) is 4.95. The smallest absolute Gasteiger partial charge is 0.308 e. The molecule has 29 heavy (non-hydrogen) atoms. The second kappa shape index (κ2) is 7.96. The Hall–Kier alpha value is -2.11. The zero-order chi connectivity index (χ0) is 20.6. The molecule has 2 heterocycles. The number of likely N-dealkylation sites (tertiary alicyclic amines) is 1. The molecule has 2 aromatic carbocycles. The van der Waals surface area contributed by atoms with E-state index in [2.05, 4.69) is 16.8 Å². The number of carboxylic acid groups (broad SMARTS) is 1. The molecule has 0 saturated carbocycles. The minimum absolute atomic E-state index is 0.0376. The van der Waals surface area contributed by atoms with Gasteiger partial charge in [0.1, 0.15) is 5.82 Å². The Morgan fingerprint density at radius 3 is 2.66 bits per heavy atom. The van der Waals surface area contributed by atoms with Crippen molar-refractivity contribution >= 4 is 23.3 Å². The monoisotopic (exact) mass is 416 g/mol. The Balaban J connectivity index is 1.44. The lowest BCUT2D eigenvalue weighted by Gasteiger charge is -2.40. The fraction of sp³-hybridized carbons (Fsp3) is 0.435. The van der Waals surface area contributed by atoms with Gasteiger partial charge in [0.2, 0.25) is 0 Å². The van der Waals surface area contributed by atoms with Crippen LogP contribution in [0, 0.1) is 11.7 Å². The van der Waals surface area contributed by atoms with E-state index >= 15 is 0 Å². The summed E-state index contributed by atoms with van der Waals surface area (Å²) in [5.41, 5.74) is 3.05. The Bertz CT molecular complexity index is 912. The highest BCUT2D eigenvalue weighted by Crippen LogP contribution is 2.46. The first kappa shape index (κ1) is 20.2. The SMILES string of the molecule is CN1CC2(CCN(CC(Cc3ccccc3Cl)C(=O)O)CC2)c2cc(F)ccc21. The third-order valence-corrected chi connectivity index (χ3v) is 6.91. The number of carbonyl (C=O) groups is 1. The first-order valence-corrected chi connectivity index (χ1v) is 10.5. The van der Waals surface area contributed by atoms with Gasteiger partial charge in [-0.15, -0.1) is 0 Å². The molecule has 2 aliphatic heterocycles. The van der Waals surface area contributed by atoms with Crippen molar-refractivity contribution in [2.45, 2.75) is 24.7 Å². The Kier molecular flexibility index (Phi) is 5.54. The number of aliphatic carboxylic acids is 1. The van der Waals surface area contributed by atoms with Crippen LogP contribution in [0.2, 0.25) is 5.02 Å². The first-order valence-electron chi connectivity index (χ1n) is 10.1. The van der Waals surface area contributed by atoms with E-state index in [1.165, 1.54) is 6.07 Å². The van der Waals surface area contributed by atoms with Crippen molar-refractivity contribution in [2.24, 2.45) is 5.92 Å². The highest BCUT2D eigenvalue weighted by molar-refractivity contribution is 6.31. The summed E-state index contributed by atoms with van der Waals surface area (Å²) < 4.78 is 13.9. The number of carboxylic acids is 1. The van der Waals surface area contributed by atoms with Crippen molar-refractivity contribution in [1.82, 2.24) is 4.90 Å². The van der Waals surface area contributed by atoms with Crippen LogP contribution < -0.4 is 4.90 Å². The highest BCUT2D eigenvalue weighted by Gasteiger charge is 2.44. The topological polar surface area (TPSA) is 43.8 Å². The molecule has 0 radical (unpaired) electrons. The molecule has 2 aliphatic rings. The van der Waals surface area contributed by atoms with Crippen LogP contribution in [-0.4, -0.2) is 49.2 Å². The number of benzene rings is 2. The van der Waals surface area contributed by atoms with E-state index in [-0.39, 0.29) is 11.2 Å². The maximum Gasteiger partial charge on any atom is 0.308 e. The summed E-state index contributed by atoms with van der Waals surface area (Å²) in [5.74, 6) is -1.48. The van der Waals surface area contributed by atoms with Crippen molar-refractivity contribution in [3.8, 4) is 0 Å². The van der Waals surface area contributed by atoms with Crippen LogP contribution in [0.15, 0.2) is 42.5 Å². The third kappa shape index (κ3) is 3.99. The molecule has 1 spiro atoms. The van der Waals surface area contributed by atoms with Crippen LogP contribution in [0.5, 0.6) is 0 Å². The second-order valence-electron chi connectivity index (χ2n) is 8.43. The summed E-state index contributed by atoms with van der Waals surface area (Å²) in [6, 6.07) is 12.5. The number of anilines is 1. The zero-order valence-corrected chi connectivity index (χ0v) is 17.3. The van der Waals surface area contributed by atoms with Gasteiger partial charge < -0.3 is 14.9 Å². The zero-order valence-electron chi connectivity index (χ0n) is 16.6. The molecule has 0 bridgehead atoms. The maximum absolute atomic E-state index is 13.9. The van der Waals surface area contributed by atoms with Gasteiger partial charge in [-0.2, -0.15) is 0 Å². The minimum atomic E-state index is -0.793. The van der Waals surface area contributed by atoms with Gasteiger partial charge in [0, 0.05) is 36.3 Å². The number of hydrogen-bond acceptors (Lipinski definition) is 3. The molecule has 1 atom stereocenters. The summed E-state index contributed by atoms with van der Waals surface area (Å²) in [6.07, 6.45) is 2.24. The van der Waals surface area contributed by atoms with E-state index in [1.54, 1.807) is 12.1 Å². The quantitative estimate of drug-likeness (QED) is 0.793.